The van der Waals surface area contributed by atoms with Gasteiger partial charge in [0, 0.05) is 33.8 Å². The van der Waals surface area contributed by atoms with E-state index in [4.69, 9.17) is 10.1 Å². The van der Waals surface area contributed by atoms with Gasteiger partial charge in [0.25, 0.3) is 0 Å². The van der Waals surface area contributed by atoms with Gasteiger partial charge < -0.3 is 4.57 Å². The smallest absolute Gasteiger partial charge is 0.0877 e. The SMILES string of the molecule is Cc1cc(C)n(-c2cccc(-n3c4ccccc4c4ccc(C5(c6ccccn6)C6=C(CCC=C6)C(C)(C)c6ccccc65)cc43)c2)n1. The minimum Gasteiger partial charge on any atom is -0.309 e. The molecule has 2 aliphatic carbocycles. The van der Waals surface area contributed by atoms with Crippen LogP contribution < -0.4 is 0 Å². The molecule has 48 heavy (non-hydrogen) atoms. The fourth-order valence-electron chi connectivity index (χ4n) is 8.78. The number of aryl methyl sites for hydroxylation is 2. The Kier molecular flexibility index (Phi) is 6.29. The van der Waals surface area contributed by atoms with E-state index >= 15 is 0 Å². The van der Waals surface area contributed by atoms with Gasteiger partial charge in [0.15, 0.2) is 0 Å². The average molecular weight is 623 g/mol. The van der Waals surface area contributed by atoms with Gasteiger partial charge in [-0.25, -0.2) is 4.68 Å². The van der Waals surface area contributed by atoms with Crippen molar-refractivity contribution in [2.45, 2.75) is 51.4 Å². The van der Waals surface area contributed by atoms with E-state index in [1.165, 1.54) is 49.6 Å². The molecule has 7 aromatic rings. The topological polar surface area (TPSA) is 35.6 Å². The Bertz CT molecular complexity index is 2450. The molecule has 4 nitrogen and oxygen atoms in total. The molecule has 0 N–H and O–H groups in total. The lowest BCUT2D eigenvalue weighted by molar-refractivity contribution is 0.516. The molecule has 0 radical (unpaired) electrons. The van der Waals surface area contributed by atoms with Crippen LogP contribution in [0.3, 0.4) is 0 Å². The van der Waals surface area contributed by atoms with E-state index in [0.29, 0.717) is 0 Å². The second-order valence-electron chi connectivity index (χ2n) is 13.9. The molecule has 1 atom stereocenters. The highest BCUT2D eigenvalue weighted by Gasteiger charge is 2.50. The lowest BCUT2D eigenvalue weighted by Crippen LogP contribution is -2.43. The Morgan fingerprint density at radius 1 is 0.688 bits per heavy atom. The first-order valence-corrected chi connectivity index (χ1v) is 17.0. The second-order valence-corrected chi connectivity index (χ2v) is 13.9. The Hall–Kier alpha value is -5.48. The minimum absolute atomic E-state index is 0.0859. The molecule has 4 heteroatoms. The van der Waals surface area contributed by atoms with Gasteiger partial charge in [0.1, 0.15) is 0 Å². The monoisotopic (exact) mass is 622 g/mol. The van der Waals surface area contributed by atoms with Gasteiger partial charge in [-0.2, -0.15) is 5.10 Å². The van der Waals surface area contributed by atoms with Crippen LogP contribution in [0.2, 0.25) is 0 Å². The number of pyridine rings is 1. The first-order valence-electron chi connectivity index (χ1n) is 17.0. The van der Waals surface area contributed by atoms with Gasteiger partial charge in [-0.1, -0.05) is 98.3 Å². The van der Waals surface area contributed by atoms with Crippen molar-refractivity contribution < 1.29 is 0 Å². The molecule has 0 fully saturated rings. The van der Waals surface area contributed by atoms with Crippen molar-refractivity contribution in [1.29, 1.82) is 0 Å². The summed E-state index contributed by atoms with van der Waals surface area (Å²) >= 11 is 0. The number of rotatable bonds is 4. The number of hydrogen-bond acceptors (Lipinski definition) is 2. The maximum atomic E-state index is 5.16. The fraction of sp³-hybridized carbons (Fsp3) is 0.182. The number of allylic oxidation sites excluding steroid dienone is 4. The molecule has 2 aliphatic rings. The zero-order valence-corrected chi connectivity index (χ0v) is 27.9. The van der Waals surface area contributed by atoms with Crippen LogP contribution in [0.5, 0.6) is 0 Å². The summed E-state index contributed by atoms with van der Waals surface area (Å²) in [4.78, 5) is 5.16. The summed E-state index contributed by atoms with van der Waals surface area (Å²) in [5, 5.41) is 7.28. The Labute approximate surface area is 281 Å². The standard InChI is InChI=1S/C44H38N4/c1-29-26-30(2)48(46-29)33-15-13-14-32(28-33)47-40-21-10-5-16-34(40)35-24-23-31(27-41(35)47)44(42-22-11-12-25-45-42)38-19-8-6-17-36(38)43(3,4)37-18-7-9-20-39(37)44/h5-6,8-17,19-28H,7,18H2,1-4H3. The van der Waals surface area contributed by atoms with Crippen molar-refractivity contribution >= 4 is 21.8 Å². The molecule has 3 aromatic heterocycles. The summed E-state index contributed by atoms with van der Waals surface area (Å²) in [6.45, 7) is 8.97. The molecule has 0 bridgehead atoms. The molecular weight excluding hydrogens is 585 g/mol. The predicted octanol–water partition coefficient (Wildman–Crippen LogP) is 10.3. The summed E-state index contributed by atoms with van der Waals surface area (Å²) < 4.78 is 4.47. The molecule has 0 saturated carbocycles. The highest BCUT2D eigenvalue weighted by molar-refractivity contribution is 6.09. The third kappa shape index (κ3) is 3.95. The Morgan fingerprint density at radius 3 is 2.27 bits per heavy atom. The maximum absolute atomic E-state index is 5.16. The third-order valence-electron chi connectivity index (χ3n) is 10.8. The fourth-order valence-corrected chi connectivity index (χ4v) is 8.78. The Morgan fingerprint density at radius 2 is 1.46 bits per heavy atom. The normalized spacial score (nSPS) is 18.3. The van der Waals surface area contributed by atoms with Crippen LogP contribution in [-0.2, 0) is 10.8 Å². The van der Waals surface area contributed by atoms with E-state index < -0.39 is 5.41 Å². The number of aromatic nitrogens is 4. The van der Waals surface area contributed by atoms with Crippen molar-refractivity contribution in [1.82, 2.24) is 19.3 Å². The van der Waals surface area contributed by atoms with E-state index in [2.05, 4.69) is 147 Å². The second kappa shape index (κ2) is 10.5. The number of fused-ring (bicyclic) bond motifs is 4. The van der Waals surface area contributed by atoms with E-state index in [1.807, 2.05) is 23.9 Å². The molecule has 0 aliphatic heterocycles. The van der Waals surface area contributed by atoms with Crippen LogP contribution >= 0.6 is 0 Å². The molecular formula is C44H38N4. The number of para-hydroxylation sites is 1. The third-order valence-corrected chi connectivity index (χ3v) is 10.8. The molecule has 0 saturated heterocycles. The van der Waals surface area contributed by atoms with Crippen molar-refractivity contribution in [2.75, 3.05) is 0 Å². The zero-order valence-electron chi connectivity index (χ0n) is 27.9. The molecule has 0 spiro atoms. The molecule has 9 rings (SSSR count). The van der Waals surface area contributed by atoms with E-state index in [-0.39, 0.29) is 5.41 Å². The summed E-state index contributed by atoms with van der Waals surface area (Å²) in [6.07, 6.45) is 8.82. The van der Waals surface area contributed by atoms with Crippen LogP contribution in [0.15, 0.2) is 145 Å². The van der Waals surface area contributed by atoms with Gasteiger partial charge >= 0.3 is 0 Å². The summed E-state index contributed by atoms with van der Waals surface area (Å²) in [6, 6.07) is 42.3. The van der Waals surface area contributed by atoms with Crippen LogP contribution in [0.1, 0.15) is 60.5 Å². The summed E-state index contributed by atoms with van der Waals surface area (Å²) in [5.41, 5.74) is 13.9. The highest BCUT2D eigenvalue weighted by atomic mass is 15.3. The van der Waals surface area contributed by atoms with Crippen LogP contribution in [-0.4, -0.2) is 19.3 Å². The Balaban J connectivity index is 1.39. The lowest BCUT2D eigenvalue weighted by Gasteiger charge is -2.49. The number of nitrogens with zero attached hydrogens (tertiary/aromatic N) is 4. The van der Waals surface area contributed by atoms with Crippen molar-refractivity contribution in [3.63, 3.8) is 0 Å². The minimum atomic E-state index is -0.569. The van der Waals surface area contributed by atoms with Crippen LogP contribution in [0.4, 0.5) is 0 Å². The molecule has 3 heterocycles. The van der Waals surface area contributed by atoms with Crippen molar-refractivity contribution in [2.24, 2.45) is 0 Å². The van der Waals surface area contributed by atoms with Crippen molar-refractivity contribution in [3.05, 3.63) is 179 Å². The lowest BCUT2D eigenvalue weighted by atomic mass is 9.54. The van der Waals surface area contributed by atoms with Crippen LogP contribution in [0.25, 0.3) is 33.2 Å². The largest absolute Gasteiger partial charge is 0.309 e. The van der Waals surface area contributed by atoms with E-state index in [1.54, 1.807) is 0 Å². The first-order chi connectivity index (χ1) is 23.4. The number of hydrogen-bond donors (Lipinski definition) is 0. The zero-order chi connectivity index (χ0) is 32.6. The quantitative estimate of drug-likeness (QED) is 0.196. The molecule has 234 valence electrons. The maximum Gasteiger partial charge on any atom is 0.0877 e. The van der Waals surface area contributed by atoms with Gasteiger partial charge in [0.2, 0.25) is 0 Å². The van der Waals surface area contributed by atoms with Gasteiger partial charge in [-0.3, -0.25) is 4.98 Å². The molecule has 0 amide bonds. The molecule has 4 aromatic carbocycles. The van der Waals surface area contributed by atoms with Gasteiger partial charge in [-0.15, -0.1) is 0 Å². The average Bonchev–Trinajstić information content (AvgIpc) is 3.64. The van der Waals surface area contributed by atoms with Crippen LogP contribution in [0, 0.1) is 13.8 Å². The predicted molar refractivity (Wildman–Crippen MR) is 196 cm³/mol. The first kappa shape index (κ1) is 28.7. The van der Waals surface area contributed by atoms with Gasteiger partial charge in [-0.05, 0) is 97.5 Å². The summed E-state index contributed by atoms with van der Waals surface area (Å²) in [7, 11) is 0. The number of benzene rings is 4. The molecule has 1 unspecified atom stereocenters. The summed E-state index contributed by atoms with van der Waals surface area (Å²) in [5.74, 6) is 0. The van der Waals surface area contributed by atoms with Crippen molar-refractivity contribution in [3.8, 4) is 11.4 Å². The van der Waals surface area contributed by atoms with E-state index in [9.17, 15) is 0 Å². The highest BCUT2D eigenvalue weighted by Crippen LogP contribution is 2.57. The van der Waals surface area contributed by atoms with E-state index in [0.717, 1.165) is 41.3 Å². The van der Waals surface area contributed by atoms with Gasteiger partial charge in [0.05, 0.1) is 33.5 Å².